The molecule has 0 fully saturated rings. The molecule has 11 heavy (non-hydrogen) atoms. The molecular formula is C8H15ClO2. The van der Waals surface area contributed by atoms with E-state index in [0.29, 0.717) is 6.61 Å². The van der Waals surface area contributed by atoms with E-state index < -0.39 is 0 Å². The first-order valence-corrected chi connectivity index (χ1v) is 4.41. The molecule has 0 saturated carbocycles. The molecule has 0 bridgehead atoms. The summed E-state index contributed by atoms with van der Waals surface area (Å²) in [5.41, 5.74) is 0. The minimum absolute atomic E-state index is 0.375. The Morgan fingerprint density at radius 2 is 2.18 bits per heavy atom. The van der Waals surface area contributed by atoms with E-state index in [1.165, 1.54) is 0 Å². The first-order chi connectivity index (χ1) is 5.22. The molecule has 0 aliphatic carbocycles. The molecule has 3 heteroatoms. The van der Waals surface area contributed by atoms with Gasteiger partial charge in [-0.25, -0.2) is 0 Å². The lowest BCUT2D eigenvalue weighted by atomic mass is 10.2. The summed E-state index contributed by atoms with van der Waals surface area (Å²) in [4.78, 5) is 10.7. The zero-order valence-corrected chi connectivity index (χ0v) is 7.86. The highest BCUT2D eigenvalue weighted by molar-refractivity contribution is 6.64. The fourth-order valence-electron chi connectivity index (χ4n) is 0.853. The number of ether oxygens (including phenoxy) is 1. The van der Waals surface area contributed by atoms with E-state index in [0.717, 1.165) is 19.3 Å². The summed E-state index contributed by atoms with van der Waals surface area (Å²) in [5.74, 6) is 0. The maximum atomic E-state index is 10.7. The van der Waals surface area contributed by atoms with Gasteiger partial charge in [0.25, 0.3) is 0 Å². The van der Waals surface area contributed by atoms with Crippen molar-refractivity contribution in [3.63, 3.8) is 0 Å². The Kier molecular flexibility index (Phi) is 6.57. The molecular weight excluding hydrogens is 164 g/mol. The van der Waals surface area contributed by atoms with Crippen LogP contribution >= 0.6 is 11.6 Å². The van der Waals surface area contributed by atoms with E-state index in [2.05, 4.69) is 6.92 Å². The van der Waals surface area contributed by atoms with Crippen LogP contribution in [0.25, 0.3) is 0 Å². The minimum Gasteiger partial charge on any atom is -0.369 e. The zero-order chi connectivity index (χ0) is 8.69. The number of halogens is 1. The molecule has 0 spiro atoms. The second kappa shape index (κ2) is 6.62. The van der Waals surface area contributed by atoms with Crippen molar-refractivity contribution in [2.45, 2.75) is 39.2 Å². The lowest BCUT2D eigenvalue weighted by molar-refractivity contribution is -0.122. The monoisotopic (exact) mass is 178 g/mol. The molecule has 2 nitrogen and oxygen atoms in total. The Morgan fingerprint density at radius 1 is 1.55 bits per heavy atom. The lowest BCUT2D eigenvalue weighted by Crippen LogP contribution is -2.19. The number of carbonyl (C=O) groups is 1. The fraction of sp³-hybridized carbons (Fsp3) is 0.875. The van der Waals surface area contributed by atoms with Crippen LogP contribution in [0.15, 0.2) is 0 Å². The van der Waals surface area contributed by atoms with E-state index in [4.69, 9.17) is 16.3 Å². The van der Waals surface area contributed by atoms with Crippen LogP contribution in [0.5, 0.6) is 0 Å². The van der Waals surface area contributed by atoms with Crippen molar-refractivity contribution >= 4 is 16.8 Å². The van der Waals surface area contributed by atoms with Gasteiger partial charge in [-0.3, -0.25) is 4.79 Å². The molecule has 66 valence electrons. The van der Waals surface area contributed by atoms with E-state index >= 15 is 0 Å². The number of hydrogen-bond acceptors (Lipinski definition) is 2. The number of rotatable bonds is 6. The molecule has 0 amide bonds. The van der Waals surface area contributed by atoms with Crippen LogP contribution in [-0.4, -0.2) is 18.0 Å². The van der Waals surface area contributed by atoms with Crippen molar-refractivity contribution < 1.29 is 9.53 Å². The van der Waals surface area contributed by atoms with Gasteiger partial charge in [0.1, 0.15) is 6.10 Å². The Morgan fingerprint density at radius 3 is 2.55 bits per heavy atom. The Balaban J connectivity index is 3.60. The standard InChI is InChI=1S/C8H15ClO2/c1-3-5-6-7(8(9)10)11-4-2/h7H,3-6H2,1-2H3. The molecule has 0 radical (unpaired) electrons. The van der Waals surface area contributed by atoms with Gasteiger partial charge in [0.05, 0.1) is 0 Å². The van der Waals surface area contributed by atoms with Gasteiger partial charge in [-0.15, -0.1) is 0 Å². The zero-order valence-electron chi connectivity index (χ0n) is 7.10. The van der Waals surface area contributed by atoms with E-state index in [9.17, 15) is 4.79 Å². The van der Waals surface area contributed by atoms with Crippen molar-refractivity contribution in [2.75, 3.05) is 6.61 Å². The third-order valence-electron chi connectivity index (χ3n) is 1.44. The first kappa shape index (κ1) is 10.9. The van der Waals surface area contributed by atoms with E-state index in [1.807, 2.05) is 6.92 Å². The van der Waals surface area contributed by atoms with Gasteiger partial charge < -0.3 is 4.74 Å². The predicted molar refractivity (Wildman–Crippen MR) is 45.8 cm³/mol. The van der Waals surface area contributed by atoms with Crippen molar-refractivity contribution in [2.24, 2.45) is 0 Å². The maximum Gasteiger partial charge on any atom is 0.250 e. The van der Waals surface area contributed by atoms with Crippen LogP contribution < -0.4 is 0 Å². The maximum absolute atomic E-state index is 10.7. The van der Waals surface area contributed by atoms with E-state index in [1.54, 1.807) is 0 Å². The Hall–Kier alpha value is -0.0800. The molecule has 0 aliphatic heterocycles. The van der Waals surface area contributed by atoms with Crippen LogP contribution in [-0.2, 0) is 9.53 Å². The normalized spacial score (nSPS) is 13.0. The Labute approximate surface area is 72.9 Å². The number of hydrogen-bond donors (Lipinski definition) is 0. The molecule has 0 heterocycles. The Bertz CT molecular complexity index is 115. The second-order valence-corrected chi connectivity index (χ2v) is 2.76. The summed E-state index contributed by atoms with van der Waals surface area (Å²) in [6.07, 6.45) is 2.41. The van der Waals surface area contributed by atoms with Crippen molar-refractivity contribution in [1.29, 1.82) is 0 Å². The fourth-order valence-corrected chi connectivity index (χ4v) is 1.03. The average Bonchev–Trinajstić information content (AvgIpc) is 1.97. The summed E-state index contributed by atoms with van der Waals surface area (Å²) in [6.45, 7) is 4.48. The topological polar surface area (TPSA) is 26.3 Å². The summed E-state index contributed by atoms with van der Waals surface area (Å²) in [7, 11) is 0. The van der Waals surface area contributed by atoms with Crippen molar-refractivity contribution in [3.05, 3.63) is 0 Å². The van der Waals surface area contributed by atoms with Gasteiger partial charge >= 0.3 is 0 Å². The lowest BCUT2D eigenvalue weighted by Gasteiger charge is -2.10. The predicted octanol–water partition coefficient (Wildman–Crippen LogP) is 2.35. The number of carbonyl (C=O) groups excluding carboxylic acids is 1. The summed E-state index contributed by atoms with van der Waals surface area (Å²) >= 11 is 5.29. The van der Waals surface area contributed by atoms with Gasteiger partial charge in [0, 0.05) is 6.61 Å². The van der Waals surface area contributed by atoms with Crippen LogP contribution in [0.3, 0.4) is 0 Å². The highest BCUT2D eigenvalue weighted by atomic mass is 35.5. The van der Waals surface area contributed by atoms with Crippen LogP contribution in [0.1, 0.15) is 33.1 Å². The molecule has 0 aromatic carbocycles. The van der Waals surface area contributed by atoms with Crippen molar-refractivity contribution in [1.82, 2.24) is 0 Å². The van der Waals surface area contributed by atoms with Crippen LogP contribution in [0, 0.1) is 0 Å². The van der Waals surface area contributed by atoms with Gasteiger partial charge in [-0.05, 0) is 24.9 Å². The van der Waals surface area contributed by atoms with Gasteiger partial charge in [-0.2, -0.15) is 0 Å². The highest BCUT2D eigenvalue weighted by Crippen LogP contribution is 2.07. The van der Waals surface area contributed by atoms with Gasteiger partial charge in [0.15, 0.2) is 0 Å². The summed E-state index contributed by atoms with van der Waals surface area (Å²) < 4.78 is 5.12. The third kappa shape index (κ3) is 5.22. The summed E-state index contributed by atoms with van der Waals surface area (Å²) in [5, 5.41) is -0.375. The quantitative estimate of drug-likeness (QED) is 0.584. The molecule has 0 saturated heterocycles. The molecule has 0 N–H and O–H groups in total. The molecule has 0 aliphatic rings. The smallest absolute Gasteiger partial charge is 0.250 e. The first-order valence-electron chi connectivity index (χ1n) is 4.03. The second-order valence-electron chi connectivity index (χ2n) is 2.39. The number of unbranched alkanes of at least 4 members (excludes halogenated alkanes) is 1. The minimum atomic E-state index is -0.387. The molecule has 0 aromatic rings. The van der Waals surface area contributed by atoms with Gasteiger partial charge in [0.2, 0.25) is 5.24 Å². The highest BCUT2D eigenvalue weighted by Gasteiger charge is 2.14. The van der Waals surface area contributed by atoms with Crippen LogP contribution in [0.2, 0.25) is 0 Å². The summed E-state index contributed by atoms with van der Waals surface area (Å²) in [6, 6.07) is 0. The molecule has 1 atom stereocenters. The van der Waals surface area contributed by atoms with E-state index in [-0.39, 0.29) is 11.3 Å². The average molecular weight is 179 g/mol. The van der Waals surface area contributed by atoms with Crippen molar-refractivity contribution in [3.8, 4) is 0 Å². The third-order valence-corrected chi connectivity index (χ3v) is 1.68. The molecule has 1 unspecified atom stereocenters. The SMILES string of the molecule is CCCCC(OCC)C(=O)Cl. The molecule has 0 aromatic heterocycles. The largest absolute Gasteiger partial charge is 0.369 e. The van der Waals surface area contributed by atoms with Crippen LogP contribution in [0.4, 0.5) is 0 Å². The van der Waals surface area contributed by atoms with Gasteiger partial charge in [-0.1, -0.05) is 19.8 Å². The molecule has 0 rings (SSSR count).